The second-order valence-corrected chi connectivity index (χ2v) is 7.88. The van der Waals surface area contributed by atoms with Crippen molar-refractivity contribution in [3.8, 4) is 17.4 Å². The molecular formula is C22H23FN6O. The number of ether oxygens (including phenoxy) is 1. The summed E-state index contributed by atoms with van der Waals surface area (Å²) < 4.78 is 20.1. The van der Waals surface area contributed by atoms with Gasteiger partial charge < -0.3 is 9.64 Å². The summed E-state index contributed by atoms with van der Waals surface area (Å²) in [5.41, 5.74) is 1.97. The fraction of sp³-hybridized carbons (Fsp3) is 0.409. The molecular weight excluding hydrogens is 383 g/mol. The minimum atomic E-state index is -0.526. The van der Waals surface area contributed by atoms with Gasteiger partial charge in [-0.1, -0.05) is 6.42 Å². The van der Waals surface area contributed by atoms with Crippen molar-refractivity contribution in [1.82, 2.24) is 24.9 Å². The Labute approximate surface area is 174 Å². The number of anilines is 1. The molecule has 1 aliphatic carbocycles. The quantitative estimate of drug-likeness (QED) is 0.597. The molecule has 0 radical (unpaired) electrons. The SMILES string of the molecule is CC1c2cnc(-c3ncccn3)nc2CCN1c1cc(OCC2CCC2)cc(F)n1. The lowest BCUT2D eigenvalue weighted by atomic mass is 9.86. The van der Waals surface area contributed by atoms with Gasteiger partial charge in [0.1, 0.15) is 11.6 Å². The van der Waals surface area contributed by atoms with Crippen molar-refractivity contribution in [2.45, 2.75) is 38.6 Å². The first-order chi connectivity index (χ1) is 14.7. The summed E-state index contributed by atoms with van der Waals surface area (Å²) >= 11 is 0. The number of rotatable bonds is 5. The molecule has 30 heavy (non-hydrogen) atoms. The maximum atomic E-state index is 14.2. The average molecular weight is 406 g/mol. The third-order valence-electron chi connectivity index (χ3n) is 5.93. The first-order valence-electron chi connectivity index (χ1n) is 10.4. The van der Waals surface area contributed by atoms with E-state index >= 15 is 0 Å². The molecule has 0 spiro atoms. The molecule has 1 saturated carbocycles. The zero-order valence-corrected chi connectivity index (χ0v) is 16.8. The first kappa shape index (κ1) is 18.8. The van der Waals surface area contributed by atoms with Gasteiger partial charge in [0.25, 0.3) is 0 Å². The highest BCUT2D eigenvalue weighted by Crippen LogP contribution is 2.34. The van der Waals surface area contributed by atoms with Crippen LogP contribution in [0.5, 0.6) is 5.75 Å². The van der Waals surface area contributed by atoms with Crippen LogP contribution in [0, 0.1) is 11.9 Å². The van der Waals surface area contributed by atoms with Crippen molar-refractivity contribution >= 4 is 5.82 Å². The lowest BCUT2D eigenvalue weighted by Crippen LogP contribution is -2.35. The maximum Gasteiger partial charge on any atom is 0.218 e. The fourth-order valence-corrected chi connectivity index (χ4v) is 3.96. The van der Waals surface area contributed by atoms with Gasteiger partial charge in [-0.05, 0) is 31.7 Å². The van der Waals surface area contributed by atoms with Crippen molar-refractivity contribution in [2.24, 2.45) is 5.92 Å². The van der Waals surface area contributed by atoms with E-state index in [1.165, 1.54) is 25.3 Å². The number of hydrogen-bond donors (Lipinski definition) is 0. The Bertz CT molecular complexity index is 1040. The third-order valence-corrected chi connectivity index (χ3v) is 5.93. The van der Waals surface area contributed by atoms with E-state index in [4.69, 9.17) is 4.74 Å². The highest BCUT2D eigenvalue weighted by molar-refractivity contribution is 5.50. The molecule has 0 amide bonds. The van der Waals surface area contributed by atoms with E-state index in [0.717, 1.165) is 11.3 Å². The van der Waals surface area contributed by atoms with Crippen LogP contribution in [0.2, 0.25) is 0 Å². The lowest BCUT2D eigenvalue weighted by Gasteiger charge is -2.35. The molecule has 0 saturated heterocycles. The van der Waals surface area contributed by atoms with Crippen LogP contribution >= 0.6 is 0 Å². The van der Waals surface area contributed by atoms with E-state index in [1.807, 2.05) is 12.3 Å². The lowest BCUT2D eigenvalue weighted by molar-refractivity contribution is 0.180. The predicted molar refractivity (Wildman–Crippen MR) is 110 cm³/mol. The Morgan fingerprint density at radius 1 is 1.10 bits per heavy atom. The van der Waals surface area contributed by atoms with Gasteiger partial charge in [-0.25, -0.2) is 24.9 Å². The van der Waals surface area contributed by atoms with Crippen molar-refractivity contribution in [3.05, 3.63) is 54.0 Å². The number of pyridine rings is 1. The maximum absolute atomic E-state index is 14.2. The van der Waals surface area contributed by atoms with E-state index in [-0.39, 0.29) is 6.04 Å². The van der Waals surface area contributed by atoms with E-state index in [1.54, 1.807) is 18.5 Å². The Kier molecular flexibility index (Phi) is 4.98. The van der Waals surface area contributed by atoms with Crippen LogP contribution in [0.25, 0.3) is 11.6 Å². The van der Waals surface area contributed by atoms with Crippen molar-refractivity contribution < 1.29 is 9.13 Å². The Balaban J connectivity index is 1.38. The third kappa shape index (κ3) is 3.69. The zero-order chi connectivity index (χ0) is 20.5. The zero-order valence-electron chi connectivity index (χ0n) is 16.8. The van der Waals surface area contributed by atoms with E-state index in [0.29, 0.717) is 48.7 Å². The molecule has 154 valence electrons. The van der Waals surface area contributed by atoms with Gasteiger partial charge in [-0.15, -0.1) is 0 Å². The summed E-state index contributed by atoms with van der Waals surface area (Å²) in [7, 11) is 0. The Hall–Kier alpha value is -3.16. The molecule has 1 fully saturated rings. The normalized spacial score (nSPS) is 18.6. The van der Waals surface area contributed by atoms with Crippen LogP contribution in [-0.2, 0) is 6.42 Å². The molecule has 4 heterocycles. The summed E-state index contributed by atoms with van der Waals surface area (Å²) in [6.45, 7) is 3.37. The highest BCUT2D eigenvalue weighted by Gasteiger charge is 2.28. The predicted octanol–water partition coefficient (Wildman–Crippen LogP) is 3.77. The number of aromatic nitrogens is 5. The first-order valence-corrected chi connectivity index (χ1v) is 10.4. The summed E-state index contributed by atoms with van der Waals surface area (Å²) in [5, 5.41) is 0. The van der Waals surface area contributed by atoms with Gasteiger partial charge in [0.2, 0.25) is 5.95 Å². The second-order valence-electron chi connectivity index (χ2n) is 7.88. The monoisotopic (exact) mass is 406 g/mol. The van der Waals surface area contributed by atoms with Gasteiger partial charge in [0, 0.05) is 49.3 Å². The van der Waals surface area contributed by atoms with Crippen LogP contribution in [0.4, 0.5) is 10.2 Å². The molecule has 2 aliphatic rings. The summed E-state index contributed by atoms with van der Waals surface area (Å²) in [6.07, 6.45) is 9.52. The highest BCUT2D eigenvalue weighted by atomic mass is 19.1. The molecule has 3 aromatic heterocycles. The van der Waals surface area contributed by atoms with Gasteiger partial charge in [0.05, 0.1) is 18.3 Å². The fourth-order valence-electron chi connectivity index (χ4n) is 3.96. The minimum absolute atomic E-state index is 0.0340. The molecule has 1 unspecified atom stereocenters. The topological polar surface area (TPSA) is 76.9 Å². The van der Waals surface area contributed by atoms with E-state index in [2.05, 4.69) is 36.7 Å². The second kappa shape index (κ2) is 7.93. The van der Waals surface area contributed by atoms with Crippen LogP contribution in [-0.4, -0.2) is 38.1 Å². The van der Waals surface area contributed by atoms with E-state index in [9.17, 15) is 4.39 Å². The van der Waals surface area contributed by atoms with Gasteiger partial charge in [-0.2, -0.15) is 4.39 Å². The Morgan fingerprint density at radius 3 is 2.70 bits per heavy atom. The van der Waals surface area contributed by atoms with Crippen molar-refractivity contribution in [1.29, 1.82) is 0 Å². The van der Waals surface area contributed by atoms with Crippen LogP contribution in [0.15, 0.2) is 36.8 Å². The number of halogens is 1. The number of nitrogens with zero attached hydrogens (tertiary/aromatic N) is 6. The Morgan fingerprint density at radius 2 is 1.93 bits per heavy atom. The van der Waals surface area contributed by atoms with Crippen molar-refractivity contribution in [2.75, 3.05) is 18.1 Å². The van der Waals surface area contributed by atoms with Gasteiger partial charge >= 0.3 is 0 Å². The number of fused-ring (bicyclic) bond motifs is 1. The van der Waals surface area contributed by atoms with Gasteiger partial charge in [-0.3, -0.25) is 0 Å². The molecule has 3 aromatic rings. The van der Waals surface area contributed by atoms with Crippen LogP contribution < -0.4 is 9.64 Å². The molecule has 0 aromatic carbocycles. The van der Waals surface area contributed by atoms with Crippen molar-refractivity contribution in [3.63, 3.8) is 0 Å². The largest absolute Gasteiger partial charge is 0.493 e. The summed E-state index contributed by atoms with van der Waals surface area (Å²) in [5.74, 6) is 2.20. The van der Waals surface area contributed by atoms with Crippen LogP contribution in [0.3, 0.4) is 0 Å². The molecule has 7 nitrogen and oxygen atoms in total. The average Bonchev–Trinajstić information content (AvgIpc) is 2.73. The molecule has 0 N–H and O–H groups in total. The van der Waals surface area contributed by atoms with Crippen LogP contribution in [0.1, 0.15) is 43.5 Å². The summed E-state index contributed by atoms with van der Waals surface area (Å²) in [4.78, 5) is 23.8. The molecule has 1 atom stereocenters. The number of hydrogen-bond acceptors (Lipinski definition) is 7. The minimum Gasteiger partial charge on any atom is -0.493 e. The molecule has 0 bridgehead atoms. The standard InChI is InChI=1S/C22H23FN6O/c1-14-17-12-26-22(21-24-7-3-8-25-21)27-18(17)6-9-29(14)20-11-16(10-19(23)28-20)30-13-15-4-2-5-15/h3,7-8,10-12,14-15H,2,4-6,9,13H2,1H3. The molecule has 8 heteroatoms. The van der Waals surface area contributed by atoms with E-state index < -0.39 is 5.95 Å². The molecule has 1 aliphatic heterocycles. The smallest absolute Gasteiger partial charge is 0.218 e. The summed E-state index contributed by atoms with van der Waals surface area (Å²) in [6, 6.07) is 4.92. The van der Waals surface area contributed by atoms with Gasteiger partial charge in [0.15, 0.2) is 11.6 Å². The molecule has 5 rings (SSSR count).